The summed E-state index contributed by atoms with van der Waals surface area (Å²) in [6.45, 7) is 12.5. The lowest BCUT2D eigenvalue weighted by Gasteiger charge is -2.43. The number of rotatable bonds is 4. The lowest BCUT2D eigenvalue weighted by Crippen LogP contribution is -2.53. The van der Waals surface area contributed by atoms with Crippen LogP contribution in [-0.2, 0) is 0 Å². The van der Waals surface area contributed by atoms with E-state index in [4.69, 9.17) is 0 Å². The molecule has 0 aromatic rings. The molecule has 116 valence electrons. The van der Waals surface area contributed by atoms with Gasteiger partial charge < -0.3 is 15.2 Å². The number of allylic oxidation sites excluding steroid dienone is 5. The Kier molecular flexibility index (Phi) is 5.26. The number of likely N-dealkylation sites (N-methyl/N-ethyl adjacent to an activating group) is 2. The van der Waals surface area contributed by atoms with Gasteiger partial charge in [-0.25, -0.2) is 5.01 Å². The zero-order valence-electron chi connectivity index (χ0n) is 13.8. The van der Waals surface area contributed by atoms with E-state index in [9.17, 15) is 0 Å². The fraction of sp³-hybridized carbons (Fsp3) is 0.529. The summed E-state index contributed by atoms with van der Waals surface area (Å²) in [5.41, 5.74) is 3.93. The summed E-state index contributed by atoms with van der Waals surface area (Å²) in [7, 11) is 4.32. The third-order valence-corrected chi connectivity index (χ3v) is 4.42. The van der Waals surface area contributed by atoms with Crippen molar-refractivity contribution in [2.24, 2.45) is 0 Å². The van der Waals surface area contributed by atoms with Crippen LogP contribution in [0.15, 0.2) is 47.9 Å². The molecule has 4 heteroatoms. The first-order chi connectivity index (χ1) is 10.1. The minimum absolute atomic E-state index is 0.359. The molecular formula is C17H28N4. The minimum Gasteiger partial charge on any atom is -0.372 e. The predicted molar refractivity (Wildman–Crippen MR) is 89.6 cm³/mol. The molecular weight excluding hydrogens is 260 g/mol. The second-order valence-electron chi connectivity index (χ2n) is 5.77. The molecule has 0 radical (unpaired) electrons. The van der Waals surface area contributed by atoms with Gasteiger partial charge in [-0.1, -0.05) is 18.7 Å². The highest BCUT2D eigenvalue weighted by Gasteiger charge is 2.27. The van der Waals surface area contributed by atoms with Crippen LogP contribution in [0.1, 0.15) is 13.8 Å². The van der Waals surface area contributed by atoms with E-state index in [0.717, 1.165) is 26.2 Å². The van der Waals surface area contributed by atoms with Crippen LogP contribution in [0.3, 0.4) is 0 Å². The van der Waals surface area contributed by atoms with Crippen molar-refractivity contribution in [3.8, 4) is 0 Å². The van der Waals surface area contributed by atoms with Crippen LogP contribution in [0.2, 0.25) is 0 Å². The average molecular weight is 288 g/mol. The van der Waals surface area contributed by atoms with Crippen LogP contribution in [0.25, 0.3) is 0 Å². The fourth-order valence-corrected chi connectivity index (χ4v) is 2.97. The van der Waals surface area contributed by atoms with Crippen LogP contribution in [-0.4, -0.2) is 61.2 Å². The largest absolute Gasteiger partial charge is 0.372 e. The Labute approximate surface area is 129 Å². The molecule has 2 aliphatic rings. The van der Waals surface area contributed by atoms with Gasteiger partial charge in [0.05, 0.1) is 11.7 Å². The van der Waals surface area contributed by atoms with Crippen molar-refractivity contribution in [1.82, 2.24) is 20.2 Å². The second kappa shape index (κ2) is 6.96. The van der Waals surface area contributed by atoms with E-state index in [0.29, 0.717) is 6.04 Å². The number of hydrazine groups is 1. The van der Waals surface area contributed by atoms with Gasteiger partial charge in [-0.05, 0) is 25.5 Å². The van der Waals surface area contributed by atoms with Gasteiger partial charge in [-0.3, -0.25) is 0 Å². The number of hydrogen-bond donors (Lipinski definition) is 1. The van der Waals surface area contributed by atoms with Crippen LogP contribution in [0.4, 0.5) is 0 Å². The summed E-state index contributed by atoms with van der Waals surface area (Å²) in [6, 6.07) is 0.359. The Morgan fingerprint density at radius 2 is 2.10 bits per heavy atom. The Morgan fingerprint density at radius 1 is 1.43 bits per heavy atom. The van der Waals surface area contributed by atoms with Gasteiger partial charge in [0, 0.05) is 52.0 Å². The molecule has 21 heavy (non-hydrogen) atoms. The molecule has 1 fully saturated rings. The maximum absolute atomic E-state index is 3.82. The molecule has 0 bridgehead atoms. The summed E-state index contributed by atoms with van der Waals surface area (Å²) >= 11 is 0. The zero-order valence-corrected chi connectivity index (χ0v) is 13.8. The molecule has 0 aliphatic carbocycles. The molecule has 2 rings (SSSR count). The molecule has 1 N–H and O–H groups in total. The highest BCUT2D eigenvalue weighted by Crippen LogP contribution is 2.28. The number of hydrogen-bond acceptors (Lipinski definition) is 4. The van der Waals surface area contributed by atoms with E-state index in [2.05, 4.69) is 73.1 Å². The molecule has 0 aromatic heterocycles. The third kappa shape index (κ3) is 3.39. The number of piperazine rings is 1. The Bertz CT molecular complexity index is 469. The minimum atomic E-state index is 0.359. The summed E-state index contributed by atoms with van der Waals surface area (Å²) < 4.78 is 0. The fourth-order valence-electron chi connectivity index (χ4n) is 2.97. The molecule has 0 amide bonds. The van der Waals surface area contributed by atoms with Gasteiger partial charge in [0.2, 0.25) is 0 Å². The molecule has 4 nitrogen and oxygen atoms in total. The zero-order chi connectivity index (χ0) is 15.4. The van der Waals surface area contributed by atoms with Crippen molar-refractivity contribution in [3.63, 3.8) is 0 Å². The molecule has 0 saturated carbocycles. The SMILES string of the molecule is C=C/C=C(\C)C1=C(N(C)N2CCNCC2)C(C)N(C)C=C1. The van der Waals surface area contributed by atoms with E-state index in [1.165, 1.54) is 16.8 Å². The monoisotopic (exact) mass is 288 g/mol. The summed E-state index contributed by atoms with van der Waals surface area (Å²) in [4.78, 5) is 2.26. The van der Waals surface area contributed by atoms with Gasteiger partial charge in [0.25, 0.3) is 0 Å². The smallest absolute Gasteiger partial charge is 0.0673 e. The standard InChI is InChI=1S/C17H28N4/c1-6-7-14(2)16-8-11-19(4)15(3)17(16)20(5)21-12-9-18-10-13-21/h6-8,11,15,18H,1,9-10,12-13H2,2-5H3/b14-7+. The van der Waals surface area contributed by atoms with Crippen molar-refractivity contribution in [3.05, 3.63) is 47.9 Å². The predicted octanol–water partition coefficient (Wildman–Crippen LogP) is 1.97. The maximum atomic E-state index is 3.82. The van der Waals surface area contributed by atoms with E-state index in [-0.39, 0.29) is 0 Å². The van der Waals surface area contributed by atoms with Gasteiger partial charge >= 0.3 is 0 Å². The first kappa shape index (κ1) is 15.9. The summed E-state index contributed by atoms with van der Waals surface area (Å²) in [5.74, 6) is 0. The van der Waals surface area contributed by atoms with Gasteiger partial charge in [-0.15, -0.1) is 0 Å². The van der Waals surface area contributed by atoms with Gasteiger partial charge in [0.15, 0.2) is 0 Å². The second-order valence-corrected chi connectivity index (χ2v) is 5.77. The van der Waals surface area contributed by atoms with Crippen LogP contribution in [0, 0.1) is 0 Å². The Balaban J connectivity index is 2.37. The topological polar surface area (TPSA) is 21.8 Å². The highest BCUT2D eigenvalue weighted by molar-refractivity contribution is 5.46. The molecule has 1 atom stereocenters. The molecule has 2 aliphatic heterocycles. The summed E-state index contributed by atoms with van der Waals surface area (Å²) in [6.07, 6.45) is 8.32. The first-order valence-corrected chi connectivity index (χ1v) is 7.69. The number of nitrogens with one attached hydrogen (secondary N) is 1. The van der Waals surface area contributed by atoms with E-state index >= 15 is 0 Å². The Morgan fingerprint density at radius 3 is 2.71 bits per heavy atom. The van der Waals surface area contributed by atoms with Crippen LogP contribution < -0.4 is 5.32 Å². The van der Waals surface area contributed by atoms with E-state index in [1.54, 1.807) is 0 Å². The molecule has 1 unspecified atom stereocenters. The quantitative estimate of drug-likeness (QED) is 0.798. The third-order valence-electron chi connectivity index (χ3n) is 4.42. The highest BCUT2D eigenvalue weighted by atomic mass is 15.6. The first-order valence-electron chi connectivity index (χ1n) is 7.69. The van der Waals surface area contributed by atoms with Crippen molar-refractivity contribution < 1.29 is 0 Å². The lowest BCUT2D eigenvalue weighted by atomic mass is 9.97. The normalized spacial score (nSPS) is 24.5. The Hall–Kier alpha value is -1.52. The van der Waals surface area contributed by atoms with Gasteiger partial charge in [0.1, 0.15) is 0 Å². The van der Waals surface area contributed by atoms with Crippen molar-refractivity contribution in [2.45, 2.75) is 19.9 Å². The van der Waals surface area contributed by atoms with Crippen molar-refractivity contribution in [2.75, 3.05) is 40.3 Å². The molecule has 2 heterocycles. The average Bonchev–Trinajstić information content (AvgIpc) is 2.50. The lowest BCUT2D eigenvalue weighted by molar-refractivity contribution is 0.00914. The van der Waals surface area contributed by atoms with Crippen LogP contribution >= 0.6 is 0 Å². The molecule has 1 saturated heterocycles. The van der Waals surface area contributed by atoms with E-state index < -0.39 is 0 Å². The van der Waals surface area contributed by atoms with Gasteiger partial charge in [-0.2, -0.15) is 0 Å². The van der Waals surface area contributed by atoms with Crippen molar-refractivity contribution >= 4 is 0 Å². The summed E-state index contributed by atoms with van der Waals surface area (Å²) in [5, 5.41) is 8.19. The number of nitrogens with zero attached hydrogens (tertiary/aromatic N) is 3. The van der Waals surface area contributed by atoms with Crippen molar-refractivity contribution in [1.29, 1.82) is 0 Å². The molecule has 0 spiro atoms. The molecule has 0 aromatic carbocycles. The van der Waals surface area contributed by atoms with E-state index in [1.807, 2.05) is 6.08 Å². The maximum Gasteiger partial charge on any atom is 0.0673 e. The van der Waals surface area contributed by atoms with Crippen LogP contribution in [0.5, 0.6) is 0 Å².